The largest absolute Gasteiger partial charge is 0.474 e. The standard InChI is InChI=1S/C18H18FN7O3S/c1-28-17(30)20-8-14-11-25(18(27)29-14)13-3-4-16(15(19)7-13)26-10-12(22-23-26)9-24-6-2-5-21-24/h2-7,10,14H,8-9,11H2,1H3,(H,20,30)/t14-/m0/s1. The normalized spacial score (nSPS) is 15.9. The first-order valence-corrected chi connectivity index (χ1v) is 9.43. The van der Waals surface area contributed by atoms with E-state index in [1.807, 2.05) is 0 Å². The minimum atomic E-state index is -0.556. The zero-order valence-electron chi connectivity index (χ0n) is 15.9. The Morgan fingerprint density at radius 1 is 1.47 bits per heavy atom. The van der Waals surface area contributed by atoms with Gasteiger partial charge in [-0.25, -0.2) is 13.9 Å². The van der Waals surface area contributed by atoms with Crippen LogP contribution < -0.4 is 10.2 Å². The number of carbonyl (C=O) groups excluding carboxylic acids is 1. The summed E-state index contributed by atoms with van der Waals surface area (Å²) >= 11 is 4.90. The predicted molar refractivity (Wildman–Crippen MR) is 108 cm³/mol. The van der Waals surface area contributed by atoms with Gasteiger partial charge in [-0.15, -0.1) is 5.10 Å². The van der Waals surface area contributed by atoms with Crippen LogP contribution in [0, 0.1) is 5.82 Å². The number of nitrogens with zero attached hydrogens (tertiary/aromatic N) is 6. The monoisotopic (exact) mass is 431 g/mol. The minimum absolute atomic E-state index is 0.208. The van der Waals surface area contributed by atoms with Gasteiger partial charge < -0.3 is 14.8 Å². The second-order valence-corrected chi connectivity index (χ2v) is 6.85. The Hall–Kier alpha value is -3.54. The third-order valence-electron chi connectivity index (χ3n) is 4.45. The number of amides is 1. The molecule has 1 atom stereocenters. The van der Waals surface area contributed by atoms with Crippen molar-refractivity contribution in [2.45, 2.75) is 12.6 Å². The predicted octanol–water partition coefficient (Wildman–Crippen LogP) is 1.50. The van der Waals surface area contributed by atoms with Crippen LogP contribution in [-0.4, -0.2) is 62.3 Å². The van der Waals surface area contributed by atoms with Crippen LogP contribution in [0.3, 0.4) is 0 Å². The Morgan fingerprint density at radius 3 is 3.07 bits per heavy atom. The molecule has 0 unspecified atom stereocenters. The highest BCUT2D eigenvalue weighted by Crippen LogP contribution is 2.25. The molecular weight excluding hydrogens is 413 g/mol. The topological polar surface area (TPSA) is 99.3 Å². The molecule has 0 radical (unpaired) electrons. The summed E-state index contributed by atoms with van der Waals surface area (Å²) in [7, 11) is 1.45. The van der Waals surface area contributed by atoms with Gasteiger partial charge in [0.25, 0.3) is 5.17 Å². The number of anilines is 1. The van der Waals surface area contributed by atoms with Gasteiger partial charge in [-0.05, 0) is 36.5 Å². The van der Waals surface area contributed by atoms with Crippen molar-refractivity contribution in [2.24, 2.45) is 0 Å². The number of ether oxygens (including phenoxy) is 2. The average Bonchev–Trinajstić information content (AvgIpc) is 3.48. The van der Waals surface area contributed by atoms with Gasteiger partial charge in [0.2, 0.25) is 0 Å². The molecular formula is C18H18FN7O3S. The third-order valence-corrected chi connectivity index (χ3v) is 4.76. The molecule has 1 aliphatic heterocycles. The fourth-order valence-corrected chi connectivity index (χ4v) is 3.09. The molecule has 0 spiro atoms. The van der Waals surface area contributed by atoms with Crippen molar-refractivity contribution in [2.75, 3.05) is 25.1 Å². The van der Waals surface area contributed by atoms with Gasteiger partial charge in [0.1, 0.15) is 17.5 Å². The molecule has 1 saturated heterocycles. The van der Waals surface area contributed by atoms with Crippen LogP contribution in [0.5, 0.6) is 0 Å². The van der Waals surface area contributed by atoms with E-state index in [9.17, 15) is 9.18 Å². The quantitative estimate of drug-likeness (QED) is 0.587. The van der Waals surface area contributed by atoms with E-state index in [1.165, 1.54) is 28.8 Å². The van der Waals surface area contributed by atoms with Gasteiger partial charge >= 0.3 is 6.09 Å². The Bertz CT molecular complexity index is 1060. The lowest BCUT2D eigenvalue weighted by molar-refractivity contribution is 0.142. The van der Waals surface area contributed by atoms with E-state index in [-0.39, 0.29) is 17.4 Å². The van der Waals surface area contributed by atoms with E-state index < -0.39 is 18.0 Å². The Balaban J connectivity index is 1.45. The molecule has 1 amide bonds. The minimum Gasteiger partial charge on any atom is -0.474 e. The van der Waals surface area contributed by atoms with Crippen molar-refractivity contribution in [1.82, 2.24) is 30.1 Å². The molecule has 0 saturated carbocycles. The molecule has 4 rings (SSSR count). The van der Waals surface area contributed by atoms with Crippen molar-refractivity contribution >= 4 is 29.2 Å². The van der Waals surface area contributed by atoms with E-state index >= 15 is 0 Å². The zero-order valence-corrected chi connectivity index (χ0v) is 16.8. The summed E-state index contributed by atoms with van der Waals surface area (Å²) in [6, 6.07) is 6.24. The Morgan fingerprint density at radius 2 is 2.33 bits per heavy atom. The zero-order chi connectivity index (χ0) is 21.1. The SMILES string of the molecule is COC(=S)NC[C@H]1CN(c2ccc(-n3cc(Cn4cccn4)nn3)c(F)c2)C(=O)O1. The van der Waals surface area contributed by atoms with Crippen LogP contribution in [0.1, 0.15) is 5.69 Å². The van der Waals surface area contributed by atoms with Crippen molar-refractivity contribution in [1.29, 1.82) is 0 Å². The number of nitrogens with one attached hydrogen (secondary N) is 1. The summed E-state index contributed by atoms with van der Waals surface area (Å²) < 4.78 is 27.9. The first-order valence-electron chi connectivity index (χ1n) is 9.02. The van der Waals surface area contributed by atoms with E-state index in [1.54, 1.807) is 35.4 Å². The lowest BCUT2D eigenvalue weighted by Crippen LogP contribution is -2.34. The van der Waals surface area contributed by atoms with Gasteiger partial charge in [-0.1, -0.05) is 5.21 Å². The molecule has 0 aliphatic carbocycles. The van der Waals surface area contributed by atoms with E-state index in [0.717, 1.165) is 0 Å². The van der Waals surface area contributed by atoms with Gasteiger partial charge in [-0.3, -0.25) is 9.58 Å². The fourth-order valence-electron chi connectivity index (χ4n) is 3.01. The maximum Gasteiger partial charge on any atom is 0.414 e. The highest BCUT2D eigenvalue weighted by molar-refractivity contribution is 7.80. The molecule has 1 aliphatic rings. The second kappa shape index (κ2) is 8.45. The number of hydrogen-bond acceptors (Lipinski definition) is 7. The molecule has 1 aromatic carbocycles. The highest BCUT2D eigenvalue weighted by atomic mass is 32.1. The maximum absolute atomic E-state index is 14.8. The number of thiocarbonyl (C=S) groups is 1. The molecule has 10 nitrogen and oxygen atoms in total. The van der Waals surface area contributed by atoms with Crippen LogP contribution in [0.2, 0.25) is 0 Å². The van der Waals surface area contributed by atoms with E-state index in [2.05, 4.69) is 20.7 Å². The number of rotatable bonds is 6. The molecule has 1 N–H and O–H groups in total. The number of hydrogen-bond donors (Lipinski definition) is 1. The van der Waals surface area contributed by atoms with Crippen LogP contribution in [0.25, 0.3) is 5.69 Å². The van der Waals surface area contributed by atoms with Crippen molar-refractivity contribution in [3.8, 4) is 5.69 Å². The first kappa shape index (κ1) is 19.8. The molecule has 30 heavy (non-hydrogen) atoms. The lowest BCUT2D eigenvalue weighted by Gasteiger charge is -2.14. The fraction of sp³-hybridized carbons (Fsp3) is 0.278. The molecule has 3 aromatic rings. The maximum atomic E-state index is 14.8. The number of methoxy groups -OCH3 is 1. The highest BCUT2D eigenvalue weighted by Gasteiger charge is 2.32. The van der Waals surface area contributed by atoms with Crippen molar-refractivity contribution in [3.63, 3.8) is 0 Å². The molecule has 3 heterocycles. The summed E-state index contributed by atoms with van der Waals surface area (Å²) in [6.07, 6.45) is 4.10. The summed E-state index contributed by atoms with van der Waals surface area (Å²) in [5.41, 5.74) is 1.23. The van der Waals surface area contributed by atoms with Crippen LogP contribution >= 0.6 is 12.2 Å². The molecule has 12 heteroatoms. The number of cyclic esters (lactones) is 1. The molecule has 1 fully saturated rings. The number of carbonyl (C=O) groups is 1. The van der Waals surface area contributed by atoms with Crippen LogP contribution in [0.15, 0.2) is 42.9 Å². The summed E-state index contributed by atoms with van der Waals surface area (Å²) in [4.78, 5) is 13.5. The second-order valence-electron chi connectivity index (χ2n) is 6.48. The van der Waals surface area contributed by atoms with Gasteiger partial charge in [-0.2, -0.15) is 5.10 Å². The number of halogens is 1. The van der Waals surface area contributed by atoms with E-state index in [4.69, 9.17) is 21.7 Å². The van der Waals surface area contributed by atoms with Crippen LogP contribution in [-0.2, 0) is 16.0 Å². The Labute approximate surface area is 176 Å². The molecule has 2 aromatic heterocycles. The summed E-state index contributed by atoms with van der Waals surface area (Å²) in [5.74, 6) is -0.544. The lowest BCUT2D eigenvalue weighted by atomic mass is 10.2. The number of benzene rings is 1. The van der Waals surface area contributed by atoms with E-state index in [0.29, 0.717) is 24.5 Å². The summed E-state index contributed by atoms with van der Waals surface area (Å²) in [6.45, 7) is 0.982. The van der Waals surface area contributed by atoms with Crippen LogP contribution in [0.4, 0.5) is 14.9 Å². The smallest absolute Gasteiger partial charge is 0.414 e. The van der Waals surface area contributed by atoms with Gasteiger partial charge in [0, 0.05) is 12.4 Å². The summed E-state index contributed by atoms with van der Waals surface area (Å²) in [5, 5.41) is 15.2. The van der Waals surface area contributed by atoms with Gasteiger partial charge in [0.15, 0.2) is 5.82 Å². The number of aromatic nitrogens is 5. The molecule has 0 bridgehead atoms. The van der Waals surface area contributed by atoms with Crippen molar-refractivity contribution < 1.29 is 18.7 Å². The van der Waals surface area contributed by atoms with Gasteiger partial charge in [0.05, 0.1) is 38.6 Å². The van der Waals surface area contributed by atoms with Crippen molar-refractivity contribution in [3.05, 3.63) is 54.4 Å². The third kappa shape index (κ3) is 4.22. The first-order chi connectivity index (χ1) is 14.5. The molecule has 156 valence electrons. The average molecular weight is 431 g/mol. The Kier molecular flexibility index (Phi) is 5.57.